The van der Waals surface area contributed by atoms with Crippen LogP contribution in [0.1, 0.15) is 25.3 Å². The van der Waals surface area contributed by atoms with E-state index in [-0.39, 0.29) is 5.69 Å². The van der Waals surface area contributed by atoms with Crippen LogP contribution in [0, 0.1) is 10.1 Å². The van der Waals surface area contributed by atoms with Gasteiger partial charge in [0.1, 0.15) is 11.5 Å². The normalized spacial score (nSPS) is 10.8. The van der Waals surface area contributed by atoms with Crippen molar-refractivity contribution in [2.75, 3.05) is 32.6 Å². The van der Waals surface area contributed by atoms with Crippen LogP contribution in [-0.4, -0.2) is 37.3 Å². The summed E-state index contributed by atoms with van der Waals surface area (Å²) in [6, 6.07) is 20.0. The van der Waals surface area contributed by atoms with Crippen LogP contribution in [0.2, 0.25) is 0 Å². The number of nitrogens with one attached hydrogen (secondary N) is 3. The van der Waals surface area contributed by atoms with Crippen LogP contribution in [0.25, 0.3) is 11.1 Å². The van der Waals surface area contributed by atoms with Crippen molar-refractivity contribution in [3.8, 4) is 34.1 Å². The van der Waals surface area contributed by atoms with Crippen LogP contribution in [0.5, 0.6) is 23.0 Å². The molecule has 3 N–H and O–H groups in total. The summed E-state index contributed by atoms with van der Waals surface area (Å²) in [4.78, 5) is 10.4. The Morgan fingerprint density at radius 1 is 0.952 bits per heavy atom. The topological polar surface area (TPSA) is 107 Å². The third-order valence-electron chi connectivity index (χ3n) is 6.19. The maximum absolute atomic E-state index is 10.8. The molecule has 0 saturated heterocycles. The summed E-state index contributed by atoms with van der Waals surface area (Å²) in [5.74, 6) is 3.00. The fraction of sp³-hybridized carbons (Fsp3) is 0.233. The predicted molar refractivity (Wildman–Crippen MR) is 175 cm³/mol. The maximum Gasteiger partial charge on any atom is 0.269 e. The number of non-ortho nitro benzene ring substituents is 1. The Balaban J connectivity index is 1.39. The third-order valence-corrected chi connectivity index (χ3v) is 8.43. The molecule has 9 nitrogen and oxygen atoms in total. The highest BCUT2D eigenvalue weighted by atomic mass is 32.2. The highest BCUT2D eigenvalue weighted by Crippen LogP contribution is 2.43. The summed E-state index contributed by atoms with van der Waals surface area (Å²) < 4.78 is 21.7. The van der Waals surface area contributed by atoms with Gasteiger partial charge < -0.3 is 24.8 Å². The minimum atomic E-state index is -0.435. The number of nitro groups is 1. The molecule has 220 valence electrons. The first-order valence-corrected chi connectivity index (χ1v) is 15.2. The molecule has 42 heavy (non-hydrogen) atoms. The molecule has 0 saturated carbocycles. The fourth-order valence-corrected chi connectivity index (χ4v) is 5.98. The Bertz CT molecular complexity index is 1530. The first-order chi connectivity index (χ1) is 20.3. The molecule has 0 radical (unpaired) electrons. The van der Waals surface area contributed by atoms with Crippen molar-refractivity contribution in [3.63, 3.8) is 0 Å². The SMILES string of the molecule is COc1ccc(Oc2ccc(C(C)C)cc2-c2ccsc2SNCCNC(=S)Nc2ccc([N+](=O)[O-])cc2)cc1OC. The van der Waals surface area contributed by atoms with Crippen molar-refractivity contribution >= 4 is 52.0 Å². The van der Waals surface area contributed by atoms with E-state index in [9.17, 15) is 10.1 Å². The van der Waals surface area contributed by atoms with Gasteiger partial charge in [0.05, 0.1) is 23.4 Å². The standard InChI is InChI=1S/C30H32N4O5S3/c1-19(2)20-5-11-26(39-23-10-12-27(37-3)28(18-23)38-4)25(17-20)24-13-16-41-29(24)42-32-15-14-31-30(40)33-21-6-8-22(9-7-21)34(35)36/h5-13,16-19,32H,14-15H2,1-4H3,(H2,31,33,40). The number of thiocarbonyl (C=S) groups is 1. The average Bonchev–Trinajstić information content (AvgIpc) is 3.45. The number of nitrogens with zero attached hydrogens (tertiary/aromatic N) is 1. The minimum Gasteiger partial charge on any atom is -0.493 e. The fourth-order valence-electron chi connectivity index (χ4n) is 3.97. The zero-order chi connectivity index (χ0) is 30.1. The first kappa shape index (κ1) is 31.1. The van der Waals surface area contributed by atoms with Gasteiger partial charge in [-0.15, -0.1) is 11.3 Å². The largest absolute Gasteiger partial charge is 0.493 e. The molecule has 4 aromatic rings. The van der Waals surface area contributed by atoms with Crippen LogP contribution >= 0.6 is 35.5 Å². The number of rotatable bonds is 13. The van der Waals surface area contributed by atoms with E-state index < -0.39 is 4.92 Å². The van der Waals surface area contributed by atoms with Crippen molar-refractivity contribution < 1.29 is 19.1 Å². The Morgan fingerprint density at radius 2 is 1.69 bits per heavy atom. The Morgan fingerprint density at radius 3 is 2.38 bits per heavy atom. The number of benzene rings is 3. The molecule has 0 bridgehead atoms. The van der Waals surface area contributed by atoms with Crippen molar-refractivity contribution in [1.29, 1.82) is 0 Å². The Labute approximate surface area is 258 Å². The van der Waals surface area contributed by atoms with Crippen molar-refractivity contribution in [1.82, 2.24) is 10.0 Å². The predicted octanol–water partition coefficient (Wildman–Crippen LogP) is 7.84. The number of hydrogen-bond donors (Lipinski definition) is 3. The van der Waals surface area contributed by atoms with Crippen LogP contribution in [0.3, 0.4) is 0 Å². The van der Waals surface area contributed by atoms with Gasteiger partial charge in [0.15, 0.2) is 16.6 Å². The Hall–Kier alpha value is -3.84. The van der Waals surface area contributed by atoms with Gasteiger partial charge in [0.25, 0.3) is 5.69 Å². The molecule has 0 unspecified atom stereocenters. The van der Waals surface area contributed by atoms with Crippen LogP contribution < -0.4 is 29.6 Å². The molecular formula is C30H32N4O5S3. The van der Waals surface area contributed by atoms with Gasteiger partial charge in [-0.3, -0.25) is 14.8 Å². The highest BCUT2D eigenvalue weighted by molar-refractivity contribution is 7.99. The lowest BCUT2D eigenvalue weighted by atomic mass is 9.98. The summed E-state index contributed by atoms with van der Waals surface area (Å²) in [6.07, 6.45) is 0. The lowest BCUT2D eigenvalue weighted by Gasteiger charge is -2.16. The molecule has 4 rings (SSSR count). The minimum absolute atomic E-state index is 0.0316. The van der Waals surface area contributed by atoms with Gasteiger partial charge in [0.2, 0.25) is 0 Å². The smallest absolute Gasteiger partial charge is 0.269 e. The van der Waals surface area contributed by atoms with E-state index in [0.717, 1.165) is 21.1 Å². The molecule has 0 fully saturated rings. The molecule has 1 aromatic heterocycles. The van der Waals surface area contributed by atoms with E-state index in [2.05, 4.69) is 52.8 Å². The van der Waals surface area contributed by atoms with Gasteiger partial charge in [-0.05, 0) is 83.5 Å². The van der Waals surface area contributed by atoms with Crippen molar-refractivity contribution in [3.05, 3.63) is 87.8 Å². The molecule has 1 heterocycles. The zero-order valence-electron chi connectivity index (χ0n) is 23.6. The van der Waals surface area contributed by atoms with E-state index in [0.29, 0.717) is 47.1 Å². The molecule has 0 aliphatic heterocycles. The van der Waals surface area contributed by atoms with E-state index in [1.54, 1.807) is 49.6 Å². The summed E-state index contributed by atoms with van der Waals surface area (Å²) in [6.45, 7) is 5.58. The van der Waals surface area contributed by atoms with Crippen LogP contribution in [-0.2, 0) is 0 Å². The van der Waals surface area contributed by atoms with Crippen LogP contribution in [0.15, 0.2) is 76.3 Å². The number of thiophene rings is 1. The average molecular weight is 625 g/mol. The summed E-state index contributed by atoms with van der Waals surface area (Å²) >= 11 is 8.56. The molecule has 0 aliphatic carbocycles. The van der Waals surface area contributed by atoms with Gasteiger partial charge in [-0.1, -0.05) is 19.9 Å². The number of methoxy groups -OCH3 is 2. The second-order valence-electron chi connectivity index (χ2n) is 9.33. The van der Waals surface area contributed by atoms with Crippen molar-refractivity contribution in [2.45, 2.75) is 24.0 Å². The van der Waals surface area contributed by atoms with Gasteiger partial charge >= 0.3 is 0 Å². The van der Waals surface area contributed by atoms with Gasteiger partial charge in [0, 0.05) is 48.1 Å². The summed E-state index contributed by atoms with van der Waals surface area (Å²) in [7, 11) is 3.21. The molecule has 3 aromatic carbocycles. The molecular weight excluding hydrogens is 593 g/mol. The second kappa shape index (κ2) is 14.9. The van der Waals surface area contributed by atoms with Gasteiger partial charge in [-0.2, -0.15) is 0 Å². The molecule has 0 aliphatic rings. The second-order valence-corrected chi connectivity index (χ2v) is 11.8. The lowest BCUT2D eigenvalue weighted by Crippen LogP contribution is -2.33. The number of hydrogen-bond acceptors (Lipinski definition) is 9. The molecule has 0 spiro atoms. The number of ether oxygens (including phenoxy) is 3. The zero-order valence-corrected chi connectivity index (χ0v) is 26.1. The monoisotopic (exact) mass is 624 g/mol. The number of nitro benzene ring substituents is 1. The maximum atomic E-state index is 10.8. The van der Waals surface area contributed by atoms with E-state index >= 15 is 0 Å². The first-order valence-electron chi connectivity index (χ1n) is 13.1. The van der Waals surface area contributed by atoms with E-state index in [1.807, 2.05) is 24.3 Å². The van der Waals surface area contributed by atoms with Gasteiger partial charge in [-0.25, -0.2) is 0 Å². The lowest BCUT2D eigenvalue weighted by molar-refractivity contribution is -0.384. The molecule has 0 amide bonds. The Kier molecular flexibility index (Phi) is 11.0. The highest BCUT2D eigenvalue weighted by Gasteiger charge is 2.16. The van der Waals surface area contributed by atoms with E-state index in [1.165, 1.54) is 17.7 Å². The quantitative estimate of drug-likeness (QED) is 0.0448. The molecule has 12 heteroatoms. The van der Waals surface area contributed by atoms with Crippen LogP contribution in [0.4, 0.5) is 11.4 Å². The van der Waals surface area contributed by atoms with Crippen molar-refractivity contribution in [2.24, 2.45) is 0 Å². The summed E-state index contributed by atoms with van der Waals surface area (Å²) in [5.41, 5.74) is 4.02. The van der Waals surface area contributed by atoms with E-state index in [4.69, 9.17) is 26.4 Å². The third kappa shape index (κ3) is 8.13. The molecule has 0 atom stereocenters. The number of anilines is 1. The summed E-state index contributed by atoms with van der Waals surface area (Å²) in [5, 5.41) is 19.5.